The summed E-state index contributed by atoms with van der Waals surface area (Å²) < 4.78 is 25.3. The van der Waals surface area contributed by atoms with E-state index in [1.807, 2.05) is 0 Å². The third kappa shape index (κ3) is 3.06. The Morgan fingerprint density at radius 2 is 1.92 bits per heavy atom. The van der Waals surface area contributed by atoms with E-state index < -0.39 is 21.1 Å². The van der Waals surface area contributed by atoms with Crippen molar-refractivity contribution in [2.75, 3.05) is 11.5 Å². The van der Waals surface area contributed by atoms with Gasteiger partial charge in [0.1, 0.15) is 5.56 Å². The zero-order valence-electron chi connectivity index (χ0n) is 13.6. The van der Waals surface area contributed by atoms with E-state index in [-0.39, 0.29) is 29.0 Å². The maximum atomic E-state index is 12.2. The van der Waals surface area contributed by atoms with Crippen LogP contribution in [0.1, 0.15) is 49.9 Å². The first-order chi connectivity index (χ1) is 11.9. The van der Waals surface area contributed by atoms with Crippen LogP contribution in [0.3, 0.4) is 0 Å². The summed E-state index contributed by atoms with van der Waals surface area (Å²) in [6.07, 6.45) is 5.98. The Bertz CT molecular complexity index is 1010. The summed E-state index contributed by atoms with van der Waals surface area (Å²) in [6, 6.07) is -0.339. The zero-order chi connectivity index (χ0) is 17.6. The van der Waals surface area contributed by atoms with Gasteiger partial charge in [0.2, 0.25) is 0 Å². The van der Waals surface area contributed by atoms with E-state index >= 15 is 0 Å². The third-order valence-electron chi connectivity index (χ3n) is 4.98. The van der Waals surface area contributed by atoms with Gasteiger partial charge in [-0.3, -0.25) is 9.78 Å². The molecule has 25 heavy (non-hydrogen) atoms. The molecule has 9 nitrogen and oxygen atoms in total. The van der Waals surface area contributed by atoms with Crippen molar-refractivity contribution in [3.8, 4) is 11.4 Å². The number of H-pyrrole nitrogens is 2. The summed E-state index contributed by atoms with van der Waals surface area (Å²) >= 11 is 0. The normalized spacial score (nSPS) is 23.3. The number of nitrogens with one attached hydrogen (secondary N) is 2. The number of sulfone groups is 1. The van der Waals surface area contributed by atoms with Crippen molar-refractivity contribution in [3.63, 3.8) is 0 Å². The maximum Gasteiger partial charge on any atom is 0.325 e. The van der Waals surface area contributed by atoms with Gasteiger partial charge in [-0.2, -0.15) is 5.10 Å². The van der Waals surface area contributed by atoms with Gasteiger partial charge in [-0.25, -0.2) is 22.9 Å². The first-order valence-electron chi connectivity index (χ1n) is 8.42. The molecule has 0 amide bonds. The number of nitrogens with zero attached hydrogens (tertiary/aromatic N) is 3. The average molecular weight is 365 g/mol. The largest absolute Gasteiger partial charge is 0.325 e. The van der Waals surface area contributed by atoms with Crippen LogP contribution in [0, 0.1) is 0 Å². The summed E-state index contributed by atoms with van der Waals surface area (Å²) in [4.78, 5) is 32.7. The van der Waals surface area contributed by atoms with Gasteiger partial charge in [-0.1, -0.05) is 12.8 Å². The van der Waals surface area contributed by atoms with Gasteiger partial charge in [0.15, 0.2) is 21.5 Å². The lowest BCUT2D eigenvalue weighted by Gasteiger charge is -2.11. The smallest absolute Gasteiger partial charge is 0.313 e. The van der Waals surface area contributed by atoms with E-state index in [1.54, 1.807) is 4.68 Å². The predicted molar refractivity (Wildman–Crippen MR) is 90.2 cm³/mol. The first kappa shape index (κ1) is 16.2. The van der Waals surface area contributed by atoms with Crippen molar-refractivity contribution < 1.29 is 8.42 Å². The topological polar surface area (TPSA) is 131 Å². The Hall–Kier alpha value is -2.23. The fourth-order valence-corrected chi connectivity index (χ4v) is 5.37. The zero-order valence-corrected chi connectivity index (χ0v) is 14.4. The Labute approximate surface area is 143 Å². The minimum Gasteiger partial charge on any atom is -0.313 e. The molecule has 10 heteroatoms. The van der Waals surface area contributed by atoms with Crippen molar-refractivity contribution in [1.82, 2.24) is 24.7 Å². The quantitative estimate of drug-likeness (QED) is 0.806. The van der Waals surface area contributed by atoms with Gasteiger partial charge in [-0.15, -0.1) is 0 Å². The Morgan fingerprint density at radius 3 is 2.56 bits per heavy atom. The van der Waals surface area contributed by atoms with Crippen LogP contribution >= 0.6 is 0 Å². The predicted octanol–water partition coefficient (Wildman–Crippen LogP) is 0.339. The number of hydrogen-bond donors (Lipinski definition) is 2. The number of rotatable bonds is 3. The van der Waals surface area contributed by atoms with Crippen LogP contribution in [0.2, 0.25) is 0 Å². The summed E-state index contributed by atoms with van der Waals surface area (Å²) in [5.74, 6) is 1.32. The van der Waals surface area contributed by atoms with Gasteiger partial charge in [0.25, 0.3) is 5.56 Å². The monoisotopic (exact) mass is 365 g/mol. The van der Waals surface area contributed by atoms with Gasteiger partial charge in [0.05, 0.1) is 17.5 Å². The highest BCUT2D eigenvalue weighted by Crippen LogP contribution is 2.34. The van der Waals surface area contributed by atoms with Crippen LogP contribution < -0.4 is 11.2 Å². The summed E-state index contributed by atoms with van der Waals surface area (Å²) in [5, 5.41) is 4.58. The fraction of sp³-hybridized carbons (Fsp3) is 0.600. The highest BCUT2D eigenvalue weighted by molar-refractivity contribution is 7.91. The number of aromatic amines is 2. The van der Waals surface area contributed by atoms with Crippen molar-refractivity contribution in [2.24, 2.45) is 0 Å². The molecule has 1 aliphatic carbocycles. The standard InChI is InChI=1S/C15H19N5O4S/c21-14-11(7-16-15(22)18-14)13-17-12(9-3-1-2-4-9)19-20(13)10-5-6-25(23,24)8-10/h7,9-10H,1-6,8H2,(H2,16,18,21,22). The van der Waals surface area contributed by atoms with Gasteiger partial charge in [-0.05, 0) is 19.3 Å². The molecule has 0 aromatic carbocycles. The number of aromatic nitrogens is 5. The van der Waals surface area contributed by atoms with E-state index in [0.717, 1.165) is 25.7 Å². The minimum atomic E-state index is -3.10. The molecule has 3 heterocycles. The lowest BCUT2D eigenvalue weighted by molar-refractivity contribution is 0.493. The summed E-state index contributed by atoms with van der Waals surface area (Å²) in [7, 11) is -3.10. The third-order valence-corrected chi connectivity index (χ3v) is 6.73. The van der Waals surface area contributed by atoms with E-state index in [2.05, 4.69) is 20.1 Å². The molecule has 1 unspecified atom stereocenters. The highest BCUT2D eigenvalue weighted by atomic mass is 32.2. The summed E-state index contributed by atoms with van der Waals surface area (Å²) in [5.41, 5.74) is -0.962. The van der Waals surface area contributed by atoms with Crippen LogP contribution in [0.4, 0.5) is 0 Å². The van der Waals surface area contributed by atoms with Gasteiger partial charge >= 0.3 is 5.69 Å². The molecule has 0 radical (unpaired) electrons. The maximum absolute atomic E-state index is 12.2. The van der Waals surface area contributed by atoms with E-state index in [9.17, 15) is 18.0 Å². The van der Waals surface area contributed by atoms with E-state index in [1.165, 1.54) is 6.20 Å². The van der Waals surface area contributed by atoms with Crippen molar-refractivity contribution in [3.05, 3.63) is 32.9 Å². The molecule has 1 saturated carbocycles. The molecule has 2 N–H and O–H groups in total. The molecule has 2 aromatic heterocycles. The second-order valence-electron chi connectivity index (χ2n) is 6.76. The molecular formula is C15H19N5O4S. The minimum absolute atomic E-state index is 0.00523. The Morgan fingerprint density at radius 1 is 1.16 bits per heavy atom. The summed E-state index contributed by atoms with van der Waals surface area (Å²) in [6.45, 7) is 0. The lowest BCUT2D eigenvalue weighted by atomic mass is 10.1. The molecule has 1 aliphatic heterocycles. The van der Waals surface area contributed by atoms with Crippen LogP contribution in [0.15, 0.2) is 15.8 Å². The SMILES string of the molecule is O=c1[nH]cc(-c2nc(C3CCCC3)nn2C2CCS(=O)(=O)C2)c(=O)[nH]1. The van der Waals surface area contributed by atoms with Crippen molar-refractivity contribution in [1.29, 1.82) is 0 Å². The number of hydrogen-bond acceptors (Lipinski definition) is 6. The van der Waals surface area contributed by atoms with Crippen LogP contribution in [-0.4, -0.2) is 44.7 Å². The average Bonchev–Trinajstić information content (AvgIpc) is 3.25. The molecule has 134 valence electrons. The van der Waals surface area contributed by atoms with Crippen LogP contribution in [0.25, 0.3) is 11.4 Å². The molecule has 4 rings (SSSR count). The van der Waals surface area contributed by atoms with E-state index in [4.69, 9.17) is 0 Å². The van der Waals surface area contributed by atoms with E-state index in [0.29, 0.717) is 18.1 Å². The molecule has 0 bridgehead atoms. The molecular weight excluding hydrogens is 346 g/mol. The highest BCUT2D eigenvalue weighted by Gasteiger charge is 2.34. The molecule has 2 aromatic rings. The molecule has 2 fully saturated rings. The fourth-order valence-electron chi connectivity index (χ4n) is 3.68. The molecule has 1 saturated heterocycles. The lowest BCUT2D eigenvalue weighted by Crippen LogP contribution is -2.24. The first-order valence-corrected chi connectivity index (χ1v) is 10.2. The Kier molecular flexibility index (Phi) is 3.86. The van der Waals surface area contributed by atoms with Gasteiger partial charge < -0.3 is 4.98 Å². The van der Waals surface area contributed by atoms with Crippen LogP contribution in [-0.2, 0) is 9.84 Å². The van der Waals surface area contributed by atoms with Gasteiger partial charge in [0, 0.05) is 12.1 Å². The second kappa shape index (κ2) is 5.94. The molecule has 1 atom stereocenters. The van der Waals surface area contributed by atoms with Crippen LogP contribution in [0.5, 0.6) is 0 Å². The second-order valence-corrected chi connectivity index (χ2v) is 8.99. The van der Waals surface area contributed by atoms with Crippen molar-refractivity contribution >= 4 is 9.84 Å². The van der Waals surface area contributed by atoms with Crippen molar-refractivity contribution in [2.45, 2.75) is 44.1 Å². The molecule has 2 aliphatic rings. The Balaban J connectivity index is 1.83. The molecule has 0 spiro atoms.